The molecule has 6 aromatic heterocycles. The maximum Gasteiger partial charge on any atom is 0.394 e. The molecule has 0 radical (unpaired) electrons. The van der Waals surface area contributed by atoms with Crippen LogP contribution in [0.5, 0.6) is 0 Å². The normalized spacial score (nSPS) is 11.3. The summed E-state index contributed by atoms with van der Waals surface area (Å²) in [5.74, 6) is -0.941. The molecule has 0 spiro atoms. The van der Waals surface area contributed by atoms with Gasteiger partial charge in [-0.05, 0) is 48.5 Å². The van der Waals surface area contributed by atoms with Crippen LogP contribution in [0, 0.1) is 10.1 Å². The van der Waals surface area contributed by atoms with Crippen LogP contribution in [0.2, 0.25) is 0 Å². The second-order valence-electron chi connectivity index (χ2n) is 11.5. The smallest absolute Gasteiger partial charge is 0.328 e. The Morgan fingerprint density at radius 1 is 0.582 bits per heavy atom. The molecule has 8 aromatic rings. The zero-order chi connectivity index (χ0) is 39.7. The minimum atomic E-state index is -4.67. The van der Waals surface area contributed by atoms with Crippen molar-refractivity contribution in [2.45, 2.75) is 0 Å². The molecule has 2 aromatic carbocycles. The van der Waals surface area contributed by atoms with E-state index >= 15 is 0 Å². The summed E-state index contributed by atoms with van der Waals surface area (Å²) in [5, 5.41) is 18.3. The number of pyridine rings is 6. The Morgan fingerprint density at radius 2 is 0.964 bits per heavy atom. The maximum absolute atomic E-state index is 11.9. The van der Waals surface area contributed by atoms with Crippen LogP contribution in [0.3, 0.4) is 0 Å². The van der Waals surface area contributed by atoms with E-state index in [1.807, 2.05) is 42.2 Å². The number of ketones is 2. The standard InChI is InChI=1S/C13H9N2O2.C13H11N2.C12H8N2.HNO3.H2O4S/c1-15-7-3-5-9-11(15)10-8(4-2-6-14-10)12(16)13(9)17;1-15-9-3-5-11-7-6-10-4-2-8-14-12(10)13(11)15;1-3-9-5-6-10-4-2-8-14-12(10)11(9)13-7-1;2-1(3)4;1-5(2,3)4/h2-7H,1H3;2-9H,1H3;1-8H;(H,2,3,4);(H2,1,2,3,4)/q2*+1;;;. The van der Waals surface area contributed by atoms with Crippen molar-refractivity contribution in [2.75, 3.05) is 0 Å². The average Bonchev–Trinajstić information content (AvgIpc) is 3.16. The van der Waals surface area contributed by atoms with Gasteiger partial charge in [-0.3, -0.25) is 28.7 Å². The molecule has 0 amide bonds. The van der Waals surface area contributed by atoms with Gasteiger partial charge in [-0.2, -0.15) is 17.6 Å². The van der Waals surface area contributed by atoms with Crippen molar-refractivity contribution in [3.8, 4) is 11.4 Å². The summed E-state index contributed by atoms with van der Waals surface area (Å²) in [6.07, 6.45) is 11.0. The number of carbonyl (C=O) groups excluding carboxylic acids is 2. The van der Waals surface area contributed by atoms with Gasteiger partial charge in [0.25, 0.3) is 5.09 Å². The third-order valence-corrected chi connectivity index (χ3v) is 7.97. The van der Waals surface area contributed by atoms with Crippen LogP contribution in [-0.4, -0.2) is 59.3 Å². The Labute approximate surface area is 312 Å². The molecule has 0 saturated heterocycles. The van der Waals surface area contributed by atoms with Crippen LogP contribution in [-0.2, 0) is 24.5 Å². The molecule has 0 saturated carbocycles. The largest absolute Gasteiger partial charge is 0.394 e. The van der Waals surface area contributed by atoms with E-state index < -0.39 is 27.1 Å². The lowest BCUT2D eigenvalue weighted by Gasteiger charge is -2.13. The fourth-order valence-electron chi connectivity index (χ4n) is 5.79. The highest BCUT2D eigenvalue weighted by Gasteiger charge is 2.36. The van der Waals surface area contributed by atoms with Crippen molar-refractivity contribution < 1.29 is 46.5 Å². The molecule has 0 bridgehead atoms. The van der Waals surface area contributed by atoms with Gasteiger partial charge in [0.1, 0.15) is 30.9 Å². The zero-order valence-corrected chi connectivity index (χ0v) is 29.8. The Bertz CT molecular complexity index is 2770. The third kappa shape index (κ3) is 9.62. The second-order valence-corrected chi connectivity index (χ2v) is 12.4. The van der Waals surface area contributed by atoms with Gasteiger partial charge in [0.15, 0.2) is 12.4 Å². The summed E-state index contributed by atoms with van der Waals surface area (Å²) in [6.45, 7) is 0. The van der Waals surface area contributed by atoms with Gasteiger partial charge in [-0.15, -0.1) is 10.1 Å². The fourth-order valence-corrected chi connectivity index (χ4v) is 5.79. The van der Waals surface area contributed by atoms with E-state index in [0.29, 0.717) is 22.5 Å². The summed E-state index contributed by atoms with van der Waals surface area (Å²) in [6, 6.07) is 31.3. The second kappa shape index (κ2) is 17.1. The summed E-state index contributed by atoms with van der Waals surface area (Å²) >= 11 is 0. The molecule has 3 N–H and O–H groups in total. The van der Waals surface area contributed by atoms with Crippen molar-refractivity contribution in [1.82, 2.24) is 19.9 Å². The number of hydrogen-bond donors (Lipinski definition) is 3. The van der Waals surface area contributed by atoms with Gasteiger partial charge in [-0.25, -0.2) is 9.97 Å². The van der Waals surface area contributed by atoms with Gasteiger partial charge < -0.3 is 5.21 Å². The Morgan fingerprint density at radius 3 is 1.53 bits per heavy atom. The summed E-state index contributed by atoms with van der Waals surface area (Å²) < 4.78 is 35.5. The number of aryl methyl sites for hydroxylation is 2. The molecule has 6 heterocycles. The molecule has 1 aliphatic rings. The molecule has 55 heavy (non-hydrogen) atoms. The number of nitrogens with zero attached hydrogens (tertiary/aromatic N) is 7. The predicted octanol–water partition coefficient (Wildman–Crippen LogP) is 4.95. The van der Waals surface area contributed by atoms with Gasteiger partial charge in [-0.1, -0.05) is 36.4 Å². The average molecular weight is 762 g/mol. The lowest BCUT2D eigenvalue weighted by Crippen LogP contribution is -2.37. The molecular formula is C38H31N7O9S+2. The molecule has 276 valence electrons. The first-order chi connectivity index (χ1) is 26.2. The minimum absolute atomic E-state index is 0.381. The van der Waals surface area contributed by atoms with E-state index in [-0.39, 0.29) is 0 Å². The molecule has 9 rings (SSSR count). The molecule has 1 aliphatic carbocycles. The van der Waals surface area contributed by atoms with Crippen LogP contribution >= 0.6 is 0 Å². The number of benzene rings is 2. The van der Waals surface area contributed by atoms with Gasteiger partial charge in [0.05, 0.1) is 16.6 Å². The molecule has 16 nitrogen and oxygen atoms in total. The van der Waals surface area contributed by atoms with Crippen molar-refractivity contribution in [2.24, 2.45) is 14.1 Å². The minimum Gasteiger partial charge on any atom is -0.328 e. The van der Waals surface area contributed by atoms with E-state index in [0.717, 1.165) is 27.3 Å². The Kier molecular flexibility index (Phi) is 12.1. The van der Waals surface area contributed by atoms with Gasteiger partial charge >= 0.3 is 10.4 Å². The van der Waals surface area contributed by atoms with E-state index in [9.17, 15) is 9.59 Å². The van der Waals surface area contributed by atoms with Crippen molar-refractivity contribution in [3.05, 3.63) is 155 Å². The zero-order valence-electron chi connectivity index (χ0n) is 29.0. The Hall–Kier alpha value is -7.21. The quantitative estimate of drug-likeness (QED) is 0.0464. The summed E-state index contributed by atoms with van der Waals surface area (Å²) in [7, 11) is -0.781. The number of fused-ring (bicyclic) bond motifs is 9. The highest BCUT2D eigenvalue weighted by Crippen LogP contribution is 2.28. The first-order valence-corrected chi connectivity index (χ1v) is 17.4. The molecule has 0 unspecified atom stereocenters. The lowest BCUT2D eigenvalue weighted by molar-refractivity contribution is -0.742. The molecule has 0 atom stereocenters. The van der Waals surface area contributed by atoms with Crippen molar-refractivity contribution in [1.29, 1.82) is 0 Å². The monoisotopic (exact) mass is 761 g/mol. The van der Waals surface area contributed by atoms with Crippen LogP contribution in [0.4, 0.5) is 0 Å². The Balaban J connectivity index is 0.000000143. The topological polar surface area (TPSA) is 231 Å². The lowest BCUT2D eigenvalue weighted by atomic mass is 9.90. The number of Topliss-reactive ketones (excluding diaryl/α,β-unsaturated/α-hetero) is 2. The first-order valence-electron chi connectivity index (χ1n) is 16.0. The van der Waals surface area contributed by atoms with Gasteiger partial charge in [0.2, 0.25) is 22.8 Å². The number of aromatic nitrogens is 6. The molecular weight excluding hydrogens is 731 g/mol. The molecule has 0 aliphatic heterocycles. The van der Waals surface area contributed by atoms with Gasteiger partial charge in [0, 0.05) is 58.5 Å². The molecule has 17 heteroatoms. The van der Waals surface area contributed by atoms with Crippen molar-refractivity contribution >= 4 is 65.6 Å². The highest BCUT2D eigenvalue weighted by molar-refractivity contribution is 7.79. The van der Waals surface area contributed by atoms with Crippen LogP contribution in [0.25, 0.3) is 55.0 Å². The van der Waals surface area contributed by atoms with E-state index in [4.69, 9.17) is 32.8 Å². The van der Waals surface area contributed by atoms with Crippen molar-refractivity contribution in [3.63, 3.8) is 0 Å². The molecule has 0 fully saturated rings. The van der Waals surface area contributed by atoms with E-state index in [2.05, 4.69) is 92.3 Å². The third-order valence-electron chi connectivity index (χ3n) is 7.97. The summed E-state index contributed by atoms with van der Waals surface area (Å²) in [5.41, 5.74) is 6.30. The van der Waals surface area contributed by atoms with Crippen LogP contribution < -0.4 is 9.13 Å². The van der Waals surface area contributed by atoms with E-state index in [1.165, 1.54) is 16.3 Å². The number of hydrogen-bond acceptors (Lipinski definition) is 10. The fraction of sp³-hybridized carbons (Fsp3) is 0.0526. The first kappa shape index (κ1) is 39.0. The van der Waals surface area contributed by atoms with Crippen LogP contribution in [0.1, 0.15) is 20.7 Å². The summed E-state index contributed by atoms with van der Waals surface area (Å²) in [4.78, 5) is 49.5. The number of carbonyl (C=O) groups is 2. The SMILES string of the molecule is C[n+]1cccc2c1-c1ncccc1C(=O)C2=O.C[n+]1cccc2ccc3cccnc3c21.O=S(=O)(O)O.O=[N+]([O-])O.c1cnc2c(c1)ccc1cccnc12. The maximum atomic E-state index is 11.9. The highest BCUT2D eigenvalue weighted by atomic mass is 32.3. The van der Waals surface area contributed by atoms with Crippen LogP contribution in [0.15, 0.2) is 134 Å². The predicted molar refractivity (Wildman–Crippen MR) is 200 cm³/mol. The number of rotatable bonds is 0. The van der Waals surface area contributed by atoms with E-state index in [1.54, 1.807) is 42.9 Å².